The van der Waals surface area contributed by atoms with E-state index in [1.54, 1.807) is 60.4 Å². The van der Waals surface area contributed by atoms with Crippen LogP contribution in [0.1, 0.15) is 166 Å². The molecule has 0 radical (unpaired) electrons. The van der Waals surface area contributed by atoms with Crippen LogP contribution < -0.4 is 60.2 Å². The maximum atomic E-state index is 13.3. The zero-order chi connectivity index (χ0) is 90.6. The van der Waals surface area contributed by atoms with Crippen molar-refractivity contribution in [2.24, 2.45) is 17.7 Å². The number of hydrogen-bond acceptors (Lipinski definition) is 20. The summed E-state index contributed by atoms with van der Waals surface area (Å²) in [6.07, 6.45) is 3.74. The Kier molecular flexibility index (Phi) is 37.6. The Morgan fingerprint density at radius 2 is 0.870 bits per heavy atom. The van der Waals surface area contributed by atoms with Gasteiger partial charge in [-0.25, -0.2) is 44.3 Å². The smallest absolute Gasteiger partial charge is 0.668 e. The van der Waals surface area contributed by atoms with E-state index in [0.29, 0.717) is 132 Å². The predicted octanol–water partition coefficient (Wildman–Crippen LogP) is 18.6. The molecule has 0 saturated carbocycles. The summed E-state index contributed by atoms with van der Waals surface area (Å²) >= 11 is 0. The van der Waals surface area contributed by atoms with Crippen LogP contribution in [0.4, 0.5) is 9.59 Å². The van der Waals surface area contributed by atoms with Gasteiger partial charge in [0.15, 0.2) is 51.0 Å². The van der Waals surface area contributed by atoms with Crippen molar-refractivity contribution >= 4 is 75.2 Å². The summed E-state index contributed by atoms with van der Waals surface area (Å²) < 4.78 is 82.1. The Labute approximate surface area is 747 Å². The standard InChI is InChI=1S/C37H54N4O7Si.C37H53N3O7Si.C12H12NO2P.C6H18NSi2.Li/c1-36(2,3)48-35(43)40-21-18-25(19-22-40)28(20-23-46-49(9,10)37(4,5)6)33-39-31(32(41(33)38)34(42)45-8)26-16-17-29(30(24-26)44-7)47-27-14-12-11-13-15-27;1-36(2,3)47-35(42)40-21-18-25(19-22-40)28(20-23-45-48(9,10)37(4,5)6)33-38-31(32(39-33)34(41)44-8)26-16-17-29(30(24-26)43-7)46-27-14-12-11-13-15-27;13-15-16(14,11-7-3-1-4-8-11)12-9-5-2-6-10-12;1-8(2,3)7-9(4,5)6;/h11-17,24-25,28H,18-23,38H2,1-10H3;11-17,24-25,28H,18-23H2,1-10H3,(H,38,39);1-10H,13H2;1-6H3;/q;;;-1;+1. The molecule has 10 rings (SSSR count). The van der Waals surface area contributed by atoms with Gasteiger partial charge < -0.3 is 72.0 Å². The SMILES string of the molecule is COC(=O)c1[nH]c(C(CCO[Si](C)(C)C(C)(C)C)C2CCN(C(=O)OC(C)(C)C)CC2)nc1-c1ccc(Oc2ccccc2)c(OC)c1.COC(=O)c1c(-c2ccc(Oc3ccccc3)c(OC)c2)nc(C(CCO[Si](C)(C)C(C)(C)C)C2CCN(C(=O)OC(C)(C)C)CC2)n1N.C[Si](C)(C)[N-][Si](C)(C)C.NOP(=O)(c1ccccc1)c1ccccc1.[Li+]. The second-order valence-corrected chi connectivity index (χ2v) is 59.4. The molecule has 0 spiro atoms. The van der Waals surface area contributed by atoms with Crippen molar-refractivity contribution in [2.75, 3.05) is 73.7 Å². The van der Waals surface area contributed by atoms with E-state index in [1.807, 2.05) is 163 Å². The Morgan fingerprint density at radius 3 is 1.21 bits per heavy atom. The number of aromatic amines is 1. The third kappa shape index (κ3) is 30.2. The van der Waals surface area contributed by atoms with Gasteiger partial charge in [0.1, 0.15) is 45.7 Å². The van der Waals surface area contributed by atoms with Crippen LogP contribution in [0.15, 0.2) is 158 Å². The van der Waals surface area contributed by atoms with Crippen LogP contribution in [0.5, 0.6) is 34.5 Å². The summed E-state index contributed by atoms with van der Waals surface area (Å²) in [5, 5.41) is 1.33. The maximum absolute atomic E-state index is 13.3. The normalized spacial score (nSPS) is 14.4. The first-order valence-electron chi connectivity index (χ1n) is 42.0. The van der Waals surface area contributed by atoms with E-state index in [4.69, 9.17) is 77.7 Å². The first kappa shape index (κ1) is 104. The van der Waals surface area contributed by atoms with Crippen molar-refractivity contribution in [3.05, 3.63) is 185 Å². The number of nitrogens with one attached hydrogen (secondary N) is 1. The minimum Gasteiger partial charge on any atom is -0.668 e. The molecule has 25 nitrogen and oxygen atoms in total. The van der Waals surface area contributed by atoms with Gasteiger partial charge in [0.05, 0.1) is 28.4 Å². The van der Waals surface area contributed by atoms with E-state index in [9.17, 15) is 23.7 Å². The van der Waals surface area contributed by atoms with Gasteiger partial charge in [0, 0.05) is 73.0 Å². The first-order valence-corrected chi connectivity index (χ1v) is 56.3. The summed E-state index contributed by atoms with van der Waals surface area (Å²) in [7, 11) is -3.54. The number of nitrogens with two attached hydrogens (primary N) is 2. The number of methoxy groups -OCH3 is 4. The van der Waals surface area contributed by atoms with Gasteiger partial charge in [-0.3, -0.25) is 4.57 Å². The molecule has 2 aliphatic heterocycles. The second-order valence-electron chi connectivity index (χ2n) is 37.8. The maximum Gasteiger partial charge on any atom is 1.00 e. The number of nitrogens with zero attached hydrogens (tertiary/aromatic N) is 6. The summed E-state index contributed by atoms with van der Waals surface area (Å²) in [4.78, 5) is 69.2. The van der Waals surface area contributed by atoms with Crippen molar-refractivity contribution in [1.29, 1.82) is 0 Å². The number of carbonyl (C=O) groups is 4. The number of amides is 2. The van der Waals surface area contributed by atoms with E-state index in [2.05, 4.69) is 112 Å². The molecule has 123 heavy (non-hydrogen) atoms. The van der Waals surface area contributed by atoms with Crippen LogP contribution in [-0.2, 0) is 37.0 Å². The molecule has 2 aliphatic rings. The molecule has 31 heteroatoms. The van der Waals surface area contributed by atoms with Gasteiger partial charge in [-0.2, -0.15) is 0 Å². The van der Waals surface area contributed by atoms with Crippen LogP contribution in [0.25, 0.3) is 27.2 Å². The van der Waals surface area contributed by atoms with E-state index in [1.165, 1.54) is 18.9 Å². The topological polar surface area (TPSA) is 306 Å². The fraction of sp³-hybridized carbons (Fsp3) is 0.500. The molecule has 6 aromatic carbocycles. The number of ether oxygens (including phenoxy) is 8. The zero-order valence-electron chi connectivity index (χ0n) is 78.1. The quantitative estimate of drug-likeness (QED) is 0.0108. The molecule has 0 bridgehead atoms. The molecule has 5 N–H and O–H groups in total. The van der Waals surface area contributed by atoms with Crippen LogP contribution >= 0.6 is 7.37 Å². The largest absolute Gasteiger partial charge is 1.00 e. The molecule has 4 heterocycles. The number of imidazole rings is 2. The molecular weight excluding hydrogens is 1640 g/mol. The van der Waals surface area contributed by atoms with E-state index >= 15 is 0 Å². The average Bonchev–Trinajstić information content (AvgIpc) is 1.60. The number of likely N-dealkylation sites (tertiary alicyclic amines) is 2. The van der Waals surface area contributed by atoms with Crippen molar-refractivity contribution in [3.8, 4) is 57.0 Å². The second kappa shape index (κ2) is 44.7. The summed E-state index contributed by atoms with van der Waals surface area (Å²) in [6.45, 7) is 50.7. The number of para-hydroxylation sites is 2. The summed E-state index contributed by atoms with van der Waals surface area (Å²) in [5.74, 6) is 15.6. The minimum absolute atomic E-state index is 0. The minimum atomic E-state index is -3.13. The summed E-state index contributed by atoms with van der Waals surface area (Å²) in [6, 6.07) is 47.7. The van der Waals surface area contributed by atoms with E-state index < -0.39 is 63.6 Å². The fourth-order valence-electron chi connectivity index (χ4n) is 13.9. The van der Waals surface area contributed by atoms with Gasteiger partial charge in [0.2, 0.25) is 0 Å². The molecule has 2 saturated heterocycles. The molecule has 2 unspecified atom stereocenters. The van der Waals surface area contributed by atoms with Gasteiger partial charge in [-0.15, -0.1) is 0 Å². The first-order chi connectivity index (χ1) is 57.0. The monoisotopic (exact) mass is 1770 g/mol. The van der Waals surface area contributed by atoms with Gasteiger partial charge in [0.25, 0.3) is 7.37 Å². The van der Waals surface area contributed by atoms with Gasteiger partial charge in [-0.05, 0) is 213 Å². The number of rotatable bonds is 27. The zero-order valence-corrected chi connectivity index (χ0v) is 83.0. The Hall–Kier alpha value is -8.29. The Bertz CT molecular complexity index is 4670. The third-order valence-electron chi connectivity index (χ3n) is 21.9. The molecule has 2 aromatic heterocycles. The van der Waals surface area contributed by atoms with Gasteiger partial charge >= 0.3 is 43.0 Å². The number of aromatic nitrogens is 4. The molecule has 0 aliphatic carbocycles. The van der Waals surface area contributed by atoms with Crippen molar-refractivity contribution < 1.29 is 94.0 Å². The van der Waals surface area contributed by atoms with Crippen LogP contribution in [0.2, 0.25) is 75.5 Å². The van der Waals surface area contributed by atoms with E-state index in [-0.39, 0.29) is 76.2 Å². The molecule has 2 fully saturated rings. The average molecular weight is 1780 g/mol. The predicted molar refractivity (Wildman–Crippen MR) is 498 cm³/mol. The number of piperidine rings is 2. The number of benzene rings is 6. The van der Waals surface area contributed by atoms with Crippen LogP contribution in [-0.4, -0.2) is 166 Å². The molecule has 2 amide bonds. The number of nitrogen functional groups attached to an aromatic ring is 1. The number of H-pyrrole nitrogens is 1. The Morgan fingerprint density at radius 1 is 0.504 bits per heavy atom. The van der Waals surface area contributed by atoms with Crippen LogP contribution in [0, 0.1) is 11.8 Å². The van der Waals surface area contributed by atoms with E-state index in [0.717, 1.165) is 25.7 Å². The number of esters is 2. The fourth-order valence-corrected chi connectivity index (χ4v) is 25.7. The van der Waals surface area contributed by atoms with Crippen molar-refractivity contribution in [2.45, 2.75) is 220 Å². The molecule has 8 aromatic rings. The molecule has 668 valence electrons. The summed E-state index contributed by atoms with van der Waals surface area (Å²) in [5.41, 5.74) is 1.45. The molecule has 2 atom stereocenters. The Balaban J connectivity index is 0.000000295. The van der Waals surface area contributed by atoms with Crippen molar-refractivity contribution in [3.63, 3.8) is 0 Å². The number of carbonyl (C=O) groups excluding carboxylic acids is 4. The van der Waals surface area contributed by atoms with Crippen molar-refractivity contribution in [1.82, 2.24) is 29.4 Å². The number of hydrogen-bond donors (Lipinski definition) is 3. The molecular formula is C92H137LiN9O16PSi4. The van der Waals surface area contributed by atoms with Crippen LogP contribution in [0.3, 0.4) is 0 Å². The van der Waals surface area contributed by atoms with Gasteiger partial charge in [-0.1, -0.05) is 170 Å². The third-order valence-corrected chi connectivity index (χ3v) is 38.6.